The van der Waals surface area contributed by atoms with Crippen LogP contribution in [0.5, 0.6) is 0 Å². The molecule has 0 aliphatic carbocycles. The Bertz CT molecular complexity index is 919. The Hall–Kier alpha value is -3.77. The number of hydrogen-bond donors (Lipinski definition) is 2. The highest BCUT2D eigenvalue weighted by molar-refractivity contribution is 5.78. The van der Waals surface area contributed by atoms with E-state index < -0.39 is 0 Å². The van der Waals surface area contributed by atoms with Gasteiger partial charge in [-0.25, -0.2) is 0 Å². The molecule has 6 nitrogen and oxygen atoms in total. The number of nitrogens with two attached hydrogens (primary N) is 2. The molecule has 0 aliphatic heterocycles. The van der Waals surface area contributed by atoms with Crippen molar-refractivity contribution in [2.45, 2.75) is 0 Å². The van der Waals surface area contributed by atoms with Crippen molar-refractivity contribution < 1.29 is 0 Å². The normalized spacial score (nSPS) is 11.3. The topological polar surface area (TPSA) is 90.7 Å². The third-order valence-electron chi connectivity index (χ3n) is 4.39. The van der Waals surface area contributed by atoms with E-state index in [9.17, 15) is 0 Å². The molecule has 132 valence electrons. The molecule has 0 atom stereocenters. The van der Waals surface area contributed by atoms with Crippen molar-refractivity contribution in [1.29, 1.82) is 0 Å². The van der Waals surface area contributed by atoms with Crippen LogP contribution in [0.3, 0.4) is 0 Å². The van der Waals surface area contributed by atoms with Crippen LogP contribution in [0.1, 0.15) is 0 Å². The van der Waals surface area contributed by atoms with E-state index in [1.165, 1.54) is 0 Å². The number of hydrogen-bond acceptors (Lipinski definition) is 5. The summed E-state index contributed by atoms with van der Waals surface area (Å²) in [6, 6.07) is 30.1. The summed E-state index contributed by atoms with van der Waals surface area (Å²) >= 11 is 0. The molecule has 0 unspecified atom stereocenters. The Balaban J connectivity index is 2.16. The third-order valence-corrected chi connectivity index (χ3v) is 4.39. The summed E-state index contributed by atoms with van der Waals surface area (Å²) in [7, 11) is 0. The fourth-order valence-electron chi connectivity index (χ4n) is 3.30. The van der Waals surface area contributed by atoms with Crippen LogP contribution in [0.4, 0.5) is 34.9 Å². The van der Waals surface area contributed by atoms with Gasteiger partial charge in [0, 0.05) is 36.4 Å². The maximum Gasteiger partial charge on any atom is 0.351 e. The number of para-hydroxylation sites is 3. The lowest BCUT2D eigenvalue weighted by Crippen LogP contribution is -2.35. The standard InChI is InChI=1S/C21H19N6/c22-19-24-20(23)26-21(25-19)27(16-10-4-1-5-11-16,17-12-6-2-7-13-17)18-14-8-3-9-15-18/h1-15H,(H4,22,23,24,25,26)/q+1. The van der Waals surface area contributed by atoms with Crippen molar-refractivity contribution in [2.75, 3.05) is 11.5 Å². The van der Waals surface area contributed by atoms with Crippen LogP contribution in [0.2, 0.25) is 0 Å². The zero-order valence-electron chi connectivity index (χ0n) is 14.6. The molecular weight excluding hydrogens is 336 g/mol. The summed E-state index contributed by atoms with van der Waals surface area (Å²) < 4.78 is 0.138. The van der Waals surface area contributed by atoms with Crippen molar-refractivity contribution in [3.63, 3.8) is 0 Å². The van der Waals surface area contributed by atoms with Gasteiger partial charge in [-0.05, 0) is 0 Å². The average Bonchev–Trinajstić information content (AvgIpc) is 2.70. The molecule has 4 aromatic rings. The number of nitrogen functional groups attached to an aromatic ring is 2. The second-order valence-corrected chi connectivity index (χ2v) is 6.03. The highest BCUT2D eigenvalue weighted by atomic mass is 15.5. The summed E-state index contributed by atoms with van der Waals surface area (Å²) in [6.07, 6.45) is 0. The molecule has 0 radical (unpaired) electrons. The second-order valence-electron chi connectivity index (χ2n) is 6.03. The molecule has 6 heteroatoms. The fraction of sp³-hybridized carbons (Fsp3) is 0. The Morgan fingerprint density at radius 1 is 0.481 bits per heavy atom. The van der Waals surface area contributed by atoms with Crippen LogP contribution in [0, 0.1) is 0 Å². The summed E-state index contributed by atoms with van der Waals surface area (Å²) in [6.45, 7) is 0. The Morgan fingerprint density at radius 2 is 0.815 bits per heavy atom. The summed E-state index contributed by atoms with van der Waals surface area (Å²) in [5.74, 6) is 0.606. The van der Waals surface area contributed by atoms with Crippen LogP contribution in [-0.4, -0.2) is 15.0 Å². The van der Waals surface area contributed by atoms with Gasteiger partial charge in [-0.15, -0.1) is 9.97 Å². The molecule has 27 heavy (non-hydrogen) atoms. The van der Waals surface area contributed by atoms with Crippen molar-refractivity contribution in [1.82, 2.24) is 19.4 Å². The molecule has 4 N–H and O–H groups in total. The van der Waals surface area contributed by atoms with Gasteiger partial charge < -0.3 is 11.5 Å². The number of aromatic nitrogens is 3. The summed E-state index contributed by atoms with van der Waals surface area (Å²) in [5, 5.41) is 0. The smallest absolute Gasteiger partial charge is 0.351 e. The lowest BCUT2D eigenvalue weighted by molar-refractivity contribution is 0.656. The van der Waals surface area contributed by atoms with E-state index in [0.29, 0.717) is 5.95 Å². The van der Waals surface area contributed by atoms with E-state index in [0.717, 1.165) is 17.1 Å². The zero-order valence-corrected chi connectivity index (χ0v) is 14.6. The van der Waals surface area contributed by atoms with E-state index in [4.69, 9.17) is 11.5 Å². The van der Waals surface area contributed by atoms with Gasteiger partial charge in [-0.2, -0.15) is 9.47 Å². The molecule has 0 fully saturated rings. The lowest BCUT2D eigenvalue weighted by Gasteiger charge is -2.34. The molecule has 3 aromatic carbocycles. The second kappa shape index (κ2) is 6.86. The monoisotopic (exact) mass is 355 g/mol. The van der Waals surface area contributed by atoms with Gasteiger partial charge >= 0.3 is 5.95 Å². The molecule has 1 heterocycles. The molecule has 0 saturated heterocycles. The zero-order chi connectivity index (χ0) is 18.7. The molecular formula is C21H19N6+. The van der Waals surface area contributed by atoms with Gasteiger partial charge in [0.1, 0.15) is 0 Å². The molecule has 0 bridgehead atoms. The third kappa shape index (κ3) is 2.88. The Kier molecular flexibility index (Phi) is 4.24. The van der Waals surface area contributed by atoms with Crippen LogP contribution >= 0.6 is 0 Å². The first kappa shape index (κ1) is 16.7. The number of quaternary nitrogens is 1. The van der Waals surface area contributed by atoms with Gasteiger partial charge in [-0.3, -0.25) is 0 Å². The number of nitrogens with zero attached hydrogens (tertiary/aromatic N) is 4. The Morgan fingerprint density at radius 3 is 1.15 bits per heavy atom. The predicted molar refractivity (Wildman–Crippen MR) is 109 cm³/mol. The molecule has 4 rings (SSSR count). The molecule has 0 saturated carbocycles. The van der Waals surface area contributed by atoms with E-state index in [2.05, 4.69) is 15.0 Å². The minimum Gasteiger partial charge on any atom is -0.367 e. The minimum absolute atomic E-state index is 0.0859. The Labute approximate surface area is 157 Å². The van der Waals surface area contributed by atoms with Crippen molar-refractivity contribution in [2.24, 2.45) is 0 Å². The minimum atomic E-state index is 0.0859. The first-order chi connectivity index (χ1) is 13.2. The van der Waals surface area contributed by atoms with E-state index in [1.54, 1.807) is 0 Å². The largest absolute Gasteiger partial charge is 0.367 e. The van der Waals surface area contributed by atoms with E-state index >= 15 is 0 Å². The van der Waals surface area contributed by atoms with Gasteiger partial charge in [0.15, 0.2) is 17.1 Å². The molecule has 0 spiro atoms. The van der Waals surface area contributed by atoms with Gasteiger partial charge in [0.05, 0.1) is 0 Å². The van der Waals surface area contributed by atoms with Crippen LogP contribution in [0.25, 0.3) is 0 Å². The van der Waals surface area contributed by atoms with Crippen LogP contribution < -0.4 is 16.0 Å². The van der Waals surface area contributed by atoms with Crippen LogP contribution in [-0.2, 0) is 0 Å². The van der Waals surface area contributed by atoms with Gasteiger partial charge in [0.25, 0.3) is 0 Å². The highest BCUT2D eigenvalue weighted by Crippen LogP contribution is 2.49. The van der Waals surface area contributed by atoms with E-state index in [-0.39, 0.29) is 16.4 Å². The summed E-state index contributed by atoms with van der Waals surface area (Å²) in [4.78, 5) is 12.9. The van der Waals surface area contributed by atoms with Crippen LogP contribution in [0.15, 0.2) is 91.0 Å². The highest BCUT2D eigenvalue weighted by Gasteiger charge is 2.42. The number of benzene rings is 3. The summed E-state index contributed by atoms with van der Waals surface area (Å²) in [5.41, 5.74) is 14.8. The van der Waals surface area contributed by atoms with Gasteiger partial charge in [-0.1, -0.05) is 54.6 Å². The number of anilines is 2. The molecule has 0 aliphatic rings. The first-order valence-corrected chi connectivity index (χ1v) is 8.55. The SMILES string of the molecule is Nc1nc(N)nc([N+](c2ccccc2)(c2ccccc2)c2ccccc2)n1. The quantitative estimate of drug-likeness (QED) is 0.531. The van der Waals surface area contributed by atoms with Crippen molar-refractivity contribution in [3.8, 4) is 0 Å². The maximum absolute atomic E-state index is 5.94. The number of rotatable bonds is 4. The average molecular weight is 355 g/mol. The van der Waals surface area contributed by atoms with Gasteiger partial charge in [0.2, 0.25) is 11.9 Å². The lowest BCUT2D eigenvalue weighted by atomic mass is 10.1. The van der Waals surface area contributed by atoms with Crippen molar-refractivity contribution >= 4 is 34.9 Å². The predicted octanol–water partition coefficient (Wildman–Crippen LogP) is 4.34. The first-order valence-electron chi connectivity index (χ1n) is 8.55. The molecule has 0 amide bonds. The maximum atomic E-state index is 5.94. The van der Waals surface area contributed by atoms with E-state index in [1.807, 2.05) is 91.0 Å². The van der Waals surface area contributed by atoms with Crippen molar-refractivity contribution in [3.05, 3.63) is 91.0 Å². The fourth-order valence-corrected chi connectivity index (χ4v) is 3.30. The molecule has 1 aromatic heterocycles.